The topological polar surface area (TPSA) is 61.1 Å². The van der Waals surface area contributed by atoms with Crippen LogP contribution in [0.3, 0.4) is 0 Å². The van der Waals surface area contributed by atoms with Gasteiger partial charge in [0.2, 0.25) is 5.75 Å². The first kappa shape index (κ1) is 18.8. The van der Waals surface area contributed by atoms with E-state index >= 15 is 0 Å². The molecule has 0 aliphatic carbocycles. The highest BCUT2D eigenvalue weighted by Crippen LogP contribution is 2.40. The average Bonchev–Trinajstić information content (AvgIpc) is 3.39. The van der Waals surface area contributed by atoms with Gasteiger partial charge in [-0.15, -0.1) is 11.3 Å². The van der Waals surface area contributed by atoms with E-state index in [0.717, 1.165) is 10.4 Å². The van der Waals surface area contributed by atoms with Crippen LogP contribution in [0.4, 0.5) is 0 Å². The van der Waals surface area contributed by atoms with E-state index in [1.54, 1.807) is 48.0 Å². The lowest BCUT2D eigenvalue weighted by molar-refractivity contribution is 0.0727. The second kappa shape index (κ2) is 8.64. The van der Waals surface area contributed by atoms with Crippen molar-refractivity contribution in [1.82, 2.24) is 4.90 Å². The molecule has 0 spiro atoms. The molecule has 0 aliphatic rings. The number of hydrogen-bond donors (Lipinski definition) is 0. The van der Waals surface area contributed by atoms with Gasteiger partial charge in [0, 0.05) is 17.0 Å². The van der Waals surface area contributed by atoms with Crippen LogP contribution < -0.4 is 14.2 Å². The highest BCUT2D eigenvalue weighted by atomic mass is 32.1. The Balaban J connectivity index is 1.97. The molecular formula is C20H21NO5S. The lowest BCUT2D eigenvalue weighted by Gasteiger charge is -2.23. The largest absolute Gasteiger partial charge is 0.493 e. The summed E-state index contributed by atoms with van der Waals surface area (Å²) in [6, 6.07) is 9.22. The lowest BCUT2D eigenvalue weighted by Crippen LogP contribution is -2.30. The predicted octanol–water partition coefficient (Wildman–Crippen LogP) is 4.21. The van der Waals surface area contributed by atoms with E-state index in [2.05, 4.69) is 0 Å². The fourth-order valence-electron chi connectivity index (χ4n) is 2.83. The fourth-order valence-corrected chi connectivity index (χ4v) is 3.55. The van der Waals surface area contributed by atoms with Gasteiger partial charge < -0.3 is 23.5 Å². The summed E-state index contributed by atoms with van der Waals surface area (Å²) in [5.74, 6) is 1.09. The number of rotatable bonds is 8. The van der Waals surface area contributed by atoms with E-state index in [4.69, 9.17) is 18.6 Å². The number of ether oxygens (including phenoxy) is 3. The Morgan fingerprint density at radius 1 is 1.04 bits per heavy atom. The molecule has 1 amide bonds. The van der Waals surface area contributed by atoms with Crippen molar-refractivity contribution >= 4 is 17.2 Å². The summed E-state index contributed by atoms with van der Waals surface area (Å²) in [6.45, 7) is 0.907. The smallest absolute Gasteiger partial charge is 0.258 e. The Labute approximate surface area is 161 Å². The van der Waals surface area contributed by atoms with Crippen LogP contribution in [0.2, 0.25) is 0 Å². The van der Waals surface area contributed by atoms with E-state index in [1.165, 1.54) is 14.2 Å². The van der Waals surface area contributed by atoms with E-state index in [0.29, 0.717) is 35.9 Å². The molecule has 2 aromatic heterocycles. The van der Waals surface area contributed by atoms with Crippen LogP contribution in [0, 0.1) is 0 Å². The summed E-state index contributed by atoms with van der Waals surface area (Å²) >= 11 is 1.61. The molecule has 1 aromatic carbocycles. The van der Waals surface area contributed by atoms with Gasteiger partial charge in [-0.25, -0.2) is 0 Å². The van der Waals surface area contributed by atoms with Crippen LogP contribution in [0.5, 0.6) is 17.2 Å². The van der Waals surface area contributed by atoms with Crippen LogP contribution in [0.25, 0.3) is 0 Å². The normalized spacial score (nSPS) is 10.5. The van der Waals surface area contributed by atoms with Gasteiger partial charge in [-0.2, -0.15) is 0 Å². The van der Waals surface area contributed by atoms with Crippen molar-refractivity contribution in [3.63, 3.8) is 0 Å². The summed E-state index contributed by atoms with van der Waals surface area (Å²) in [6.07, 6.45) is 3.24. The van der Waals surface area contributed by atoms with Crippen molar-refractivity contribution in [3.8, 4) is 17.2 Å². The minimum atomic E-state index is -0.164. The van der Waals surface area contributed by atoms with Gasteiger partial charge in [0.1, 0.15) is 0 Å². The molecule has 0 saturated heterocycles. The zero-order valence-corrected chi connectivity index (χ0v) is 16.2. The van der Waals surface area contributed by atoms with Crippen LogP contribution in [-0.4, -0.2) is 32.1 Å². The molecule has 0 aliphatic heterocycles. The standard InChI is InChI=1S/C20H21NO5S/c1-23-17-7-6-16(18(24-2)19(17)25-3)20(22)21(11-14-8-9-26-13-14)12-15-5-4-10-27-15/h4-10,13H,11-12H2,1-3H3. The second-order valence-corrected chi connectivity index (χ2v) is 6.79. The first-order valence-electron chi connectivity index (χ1n) is 8.29. The molecular weight excluding hydrogens is 366 g/mol. The van der Waals surface area contributed by atoms with Gasteiger partial charge in [-0.3, -0.25) is 4.79 Å². The number of furan rings is 1. The molecule has 27 heavy (non-hydrogen) atoms. The Bertz CT molecular complexity index is 838. The highest BCUT2D eigenvalue weighted by Gasteiger charge is 2.25. The monoisotopic (exact) mass is 387 g/mol. The molecule has 0 atom stereocenters. The van der Waals surface area contributed by atoms with Gasteiger partial charge in [0.05, 0.1) is 46.0 Å². The molecule has 7 heteroatoms. The maximum absolute atomic E-state index is 13.4. The molecule has 0 fully saturated rings. The number of amides is 1. The maximum atomic E-state index is 13.4. The van der Waals surface area contributed by atoms with Crippen LogP contribution >= 0.6 is 11.3 Å². The van der Waals surface area contributed by atoms with E-state index < -0.39 is 0 Å². The number of thiophene rings is 1. The zero-order chi connectivity index (χ0) is 19.2. The van der Waals surface area contributed by atoms with Crippen molar-refractivity contribution in [2.75, 3.05) is 21.3 Å². The number of nitrogens with zero attached hydrogens (tertiary/aromatic N) is 1. The minimum absolute atomic E-state index is 0.164. The molecule has 2 heterocycles. The number of carbonyl (C=O) groups excluding carboxylic acids is 1. The van der Waals surface area contributed by atoms with Gasteiger partial charge >= 0.3 is 0 Å². The third-order valence-corrected chi connectivity index (χ3v) is 4.96. The SMILES string of the molecule is COc1ccc(C(=O)N(Cc2ccoc2)Cc2cccs2)c(OC)c1OC. The number of benzene rings is 1. The fraction of sp³-hybridized carbons (Fsp3) is 0.250. The molecule has 142 valence electrons. The highest BCUT2D eigenvalue weighted by molar-refractivity contribution is 7.09. The van der Waals surface area contributed by atoms with Crippen molar-refractivity contribution in [2.24, 2.45) is 0 Å². The Morgan fingerprint density at radius 2 is 1.85 bits per heavy atom. The minimum Gasteiger partial charge on any atom is -0.493 e. The summed E-state index contributed by atoms with van der Waals surface area (Å²) in [7, 11) is 4.57. The number of methoxy groups -OCH3 is 3. The van der Waals surface area contributed by atoms with Crippen LogP contribution in [0.1, 0.15) is 20.8 Å². The Hall–Kier alpha value is -2.93. The predicted molar refractivity (Wildman–Crippen MR) is 103 cm³/mol. The van der Waals surface area contributed by atoms with E-state index in [-0.39, 0.29) is 5.91 Å². The molecule has 0 saturated carbocycles. The van der Waals surface area contributed by atoms with Crippen LogP contribution in [0.15, 0.2) is 52.7 Å². The van der Waals surface area contributed by atoms with Crippen molar-refractivity contribution in [2.45, 2.75) is 13.1 Å². The molecule has 0 bridgehead atoms. The third kappa shape index (κ3) is 4.09. The van der Waals surface area contributed by atoms with Crippen molar-refractivity contribution in [1.29, 1.82) is 0 Å². The molecule has 0 N–H and O–H groups in total. The summed E-state index contributed by atoms with van der Waals surface area (Å²) in [5.41, 5.74) is 1.33. The van der Waals surface area contributed by atoms with Gasteiger partial charge in [0.25, 0.3) is 5.91 Å². The number of carbonyl (C=O) groups is 1. The number of hydrogen-bond acceptors (Lipinski definition) is 6. The molecule has 0 unspecified atom stereocenters. The quantitative estimate of drug-likeness (QED) is 0.579. The zero-order valence-electron chi connectivity index (χ0n) is 15.4. The van der Waals surface area contributed by atoms with Crippen molar-refractivity contribution < 1.29 is 23.4 Å². The Morgan fingerprint density at radius 3 is 2.44 bits per heavy atom. The van der Waals surface area contributed by atoms with Crippen molar-refractivity contribution in [3.05, 3.63) is 64.2 Å². The molecule has 0 radical (unpaired) electrons. The summed E-state index contributed by atoms with van der Waals surface area (Å²) in [4.78, 5) is 16.2. The first-order valence-corrected chi connectivity index (χ1v) is 9.17. The van der Waals surface area contributed by atoms with Crippen LogP contribution in [-0.2, 0) is 13.1 Å². The van der Waals surface area contributed by atoms with Gasteiger partial charge in [0.15, 0.2) is 11.5 Å². The average molecular weight is 387 g/mol. The maximum Gasteiger partial charge on any atom is 0.258 e. The second-order valence-electron chi connectivity index (χ2n) is 5.75. The lowest BCUT2D eigenvalue weighted by atomic mass is 10.1. The first-order chi connectivity index (χ1) is 13.2. The summed E-state index contributed by atoms with van der Waals surface area (Å²) < 4.78 is 21.3. The van der Waals surface area contributed by atoms with Gasteiger partial charge in [-0.05, 0) is 29.6 Å². The third-order valence-electron chi connectivity index (χ3n) is 4.10. The Kier molecular flexibility index (Phi) is 6.03. The van der Waals surface area contributed by atoms with E-state index in [9.17, 15) is 4.79 Å². The molecule has 3 aromatic rings. The van der Waals surface area contributed by atoms with Gasteiger partial charge in [-0.1, -0.05) is 6.07 Å². The molecule has 3 rings (SSSR count). The molecule has 6 nitrogen and oxygen atoms in total. The van der Waals surface area contributed by atoms with E-state index in [1.807, 2.05) is 23.6 Å². The summed E-state index contributed by atoms with van der Waals surface area (Å²) in [5, 5.41) is 1.99.